The molecule has 1 aromatic heterocycles. The number of hydrogen-bond acceptors (Lipinski definition) is 2. The van der Waals surface area contributed by atoms with Gasteiger partial charge >= 0.3 is 0 Å². The third-order valence-electron chi connectivity index (χ3n) is 1.52. The molecule has 2 nitrogen and oxygen atoms in total. The van der Waals surface area contributed by atoms with E-state index in [9.17, 15) is 0 Å². The highest BCUT2D eigenvalue weighted by molar-refractivity contribution is 6.17. The molecule has 0 saturated heterocycles. The largest absolute Gasteiger partial charge is 0.398 e. The van der Waals surface area contributed by atoms with Gasteiger partial charge in [-0.05, 0) is 24.5 Å². The molecule has 0 aliphatic carbocycles. The number of alkyl halides is 1. The van der Waals surface area contributed by atoms with Crippen LogP contribution in [0.3, 0.4) is 0 Å². The van der Waals surface area contributed by atoms with E-state index in [1.165, 1.54) is 0 Å². The van der Waals surface area contributed by atoms with Crippen molar-refractivity contribution in [1.82, 2.24) is 4.98 Å². The van der Waals surface area contributed by atoms with Gasteiger partial charge in [-0.25, -0.2) is 0 Å². The van der Waals surface area contributed by atoms with Crippen LogP contribution in [0.15, 0.2) is 18.5 Å². The Bertz CT molecular complexity index is 225. The van der Waals surface area contributed by atoms with Crippen molar-refractivity contribution < 1.29 is 0 Å². The summed E-state index contributed by atoms with van der Waals surface area (Å²) in [5.74, 6) is 0.675. The van der Waals surface area contributed by atoms with E-state index in [1.807, 2.05) is 6.07 Å². The van der Waals surface area contributed by atoms with E-state index < -0.39 is 0 Å². The number of anilines is 1. The molecule has 0 spiro atoms. The minimum atomic E-state index is 0.675. The quantitative estimate of drug-likeness (QED) is 0.704. The van der Waals surface area contributed by atoms with E-state index in [0.29, 0.717) is 5.88 Å². The summed E-state index contributed by atoms with van der Waals surface area (Å²) in [4.78, 5) is 3.98. The fourth-order valence-corrected chi connectivity index (χ4v) is 1.04. The first-order valence-corrected chi connectivity index (χ1v) is 4.12. The molecule has 0 radical (unpaired) electrons. The van der Waals surface area contributed by atoms with Crippen LogP contribution in [0.4, 0.5) is 5.69 Å². The van der Waals surface area contributed by atoms with Crippen LogP contribution in [0.1, 0.15) is 12.0 Å². The highest BCUT2D eigenvalue weighted by Crippen LogP contribution is 2.10. The van der Waals surface area contributed by atoms with Gasteiger partial charge < -0.3 is 5.73 Å². The summed E-state index contributed by atoms with van der Waals surface area (Å²) in [7, 11) is 0. The molecule has 0 saturated carbocycles. The van der Waals surface area contributed by atoms with Gasteiger partial charge in [0.1, 0.15) is 0 Å². The van der Waals surface area contributed by atoms with E-state index in [-0.39, 0.29) is 0 Å². The summed E-state index contributed by atoms with van der Waals surface area (Å²) in [6.07, 6.45) is 5.36. The average molecular weight is 171 g/mol. The van der Waals surface area contributed by atoms with Crippen molar-refractivity contribution in [2.75, 3.05) is 11.6 Å². The molecule has 1 heterocycles. The van der Waals surface area contributed by atoms with Gasteiger partial charge in [0.05, 0.1) is 0 Å². The molecule has 60 valence electrons. The van der Waals surface area contributed by atoms with Crippen LogP contribution in [-0.4, -0.2) is 10.9 Å². The van der Waals surface area contributed by atoms with Gasteiger partial charge in [0.15, 0.2) is 0 Å². The SMILES string of the molecule is Nc1ccncc1CCCCl. The summed E-state index contributed by atoms with van der Waals surface area (Å²) in [6, 6.07) is 1.81. The van der Waals surface area contributed by atoms with Crippen molar-refractivity contribution in [3.05, 3.63) is 24.0 Å². The van der Waals surface area contributed by atoms with Crippen LogP contribution in [0.25, 0.3) is 0 Å². The fourth-order valence-electron chi connectivity index (χ4n) is 0.904. The lowest BCUT2D eigenvalue weighted by Gasteiger charge is -2.01. The zero-order valence-electron chi connectivity index (χ0n) is 6.26. The minimum absolute atomic E-state index is 0.675. The second-order valence-corrected chi connectivity index (χ2v) is 2.74. The molecule has 0 aromatic carbocycles. The summed E-state index contributed by atoms with van der Waals surface area (Å²) in [6.45, 7) is 0. The van der Waals surface area contributed by atoms with Crippen LogP contribution in [0, 0.1) is 0 Å². The fraction of sp³-hybridized carbons (Fsp3) is 0.375. The zero-order valence-corrected chi connectivity index (χ0v) is 7.01. The van der Waals surface area contributed by atoms with E-state index >= 15 is 0 Å². The standard InChI is InChI=1S/C8H11ClN2/c9-4-1-2-7-6-11-5-3-8(7)10/h3,5-6H,1-2,4H2,(H2,10,11). The molecular formula is C8H11ClN2. The summed E-state index contributed by atoms with van der Waals surface area (Å²) >= 11 is 5.54. The van der Waals surface area contributed by atoms with Crippen LogP contribution < -0.4 is 5.73 Å². The Kier molecular flexibility index (Phi) is 3.17. The number of halogens is 1. The monoisotopic (exact) mass is 170 g/mol. The Morgan fingerprint density at radius 3 is 3.00 bits per heavy atom. The predicted octanol–water partition coefficient (Wildman–Crippen LogP) is 1.84. The van der Waals surface area contributed by atoms with Crippen molar-refractivity contribution in [3.63, 3.8) is 0 Å². The summed E-state index contributed by atoms with van der Waals surface area (Å²) < 4.78 is 0. The van der Waals surface area contributed by atoms with Gasteiger partial charge in [-0.2, -0.15) is 0 Å². The van der Waals surface area contributed by atoms with Gasteiger partial charge in [0.25, 0.3) is 0 Å². The van der Waals surface area contributed by atoms with E-state index in [2.05, 4.69) is 4.98 Å². The predicted molar refractivity (Wildman–Crippen MR) is 47.7 cm³/mol. The maximum Gasteiger partial charge on any atom is 0.0377 e. The molecule has 2 N–H and O–H groups in total. The van der Waals surface area contributed by atoms with Crippen molar-refractivity contribution in [2.24, 2.45) is 0 Å². The lowest BCUT2D eigenvalue weighted by atomic mass is 10.1. The zero-order chi connectivity index (χ0) is 8.10. The first kappa shape index (κ1) is 8.34. The van der Waals surface area contributed by atoms with E-state index in [1.54, 1.807) is 12.4 Å². The molecule has 11 heavy (non-hydrogen) atoms. The van der Waals surface area contributed by atoms with E-state index in [4.69, 9.17) is 17.3 Å². The minimum Gasteiger partial charge on any atom is -0.398 e. The third kappa shape index (κ3) is 2.39. The average Bonchev–Trinajstić information content (AvgIpc) is 2.03. The second kappa shape index (κ2) is 4.19. The smallest absolute Gasteiger partial charge is 0.0377 e. The van der Waals surface area contributed by atoms with Crippen LogP contribution in [0.5, 0.6) is 0 Å². The van der Waals surface area contributed by atoms with Crippen LogP contribution >= 0.6 is 11.6 Å². The van der Waals surface area contributed by atoms with E-state index in [0.717, 1.165) is 24.1 Å². The van der Waals surface area contributed by atoms with Gasteiger partial charge in [0.2, 0.25) is 0 Å². The van der Waals surface area contributed by atoms with Crippen LogP contribution in [0.2, 0.25) is 0 Å². The first-order chi connectivity index (χ1) is 5.34. The number of pyridine rings is 1. The van der Waals surface area contributed by atoms with Gasteiger partial charge in [0, 0.05) is 24.0 Å². The van der Waals surface area contributed by atoms with Crippen LogP contribution in [-0.2, 0) is 6.42 Å². The molecule has 3 heteroatoms. The molecule has 0 unspecified atom stereocenters. The Labute approximate surface area is 71.4 Å². The maximum absolute atomic E-state index is 5.68. The molecule has 0 aliphatic heterocycles. The number of nitrogen functional groups attached to an aromatic ring is 1. The Hall–Kier alpha value is -0.760. The highest BCUT2D eigenvalue weighted by Gasteiger charge is 1.96. The number of hydrogen-bond donors (Lipinski definition) is 1. The van der Waals surface area contributed by atoms with Crippen molar-refractivity contribution in [2.45, 2.75) is 12.8 Å². The number of nitrogens with two attached hydrogens (primary N) is 1. The second-order valence-electron chi connectivity index (χ2n) is 2.37. The van der Waals surface area contributed by atoms with Gasteiger partial charge in [-0.3, -0.25) is 4.98 Å². The molecule has 0 fully saturated rings. The lowest BCUT2D eigenvalue weighted by Crippen LogP contribution is -1.95. The number of nitrogens with zero attached hydrogens (tertiary/aromatic N) is 1. The topological polar surface area (TPSA) is 38.9 Å². The first-order valence-electron chi connectivity index (χ1n) is 3.59. The summed E-state index contributed by atoms with van der Waals surface area (Å²) in [5, 5.41) is 0. The number of rotatable bonds is 3. The Morgan fingerprint density at radius 1 is 1.55 bits per heavy atom. The number of aryl methyl sites for hydroxylation is 1. The van der Waals surface area contributed by atoms with Gasteiger partial charge in [-0.1, -0.05) is 0 Å². The van der Waals surface area contributed by atoms with Gasteiger partial charge in [-0.15, -0.1) is 11.6 Å². The lowest BCUT2D eigenvalue weighted by molar-refractivity contribution is 0.923. The molecular weight excluding hydrogens is 160 g/mol. The highest BCUT2D eigenvalue weighted by atomic mass is 35.5. The van der Waals surface area contributed by atoms with Crippen molar-refractivity contribution in [1.29, 1.82) is 0 Å². The van der Waals surface area contributed by atoms with Crippen molar-refractivity contribution in [3.8, 4) is 0 Å². The molecule has 0 atom stereocenters. The van der Waals surface area contributed by atoms with Crippen molar-refractivity contribution >= 4 is 17.3 Å². The molecule has 0 bridgehead atoms. The Morgan fingerprint density at radius 2 is 2.36 bits per heavy atom. The molecule has 1 aromatic rings. The maximum atomic E-state index is 5.68. The molecule has 0 aliphatic rings. The molecule has 0 amide bonds. The third-order valence-corrected chi connectivity index (χ3v) is 1.79. The normalized spacial score (nSPS) is 9.91. The summed E-state index contributed by atoms with van der Waals surface area (Å²) in [5.41, 5.74) is 7.58. The Balaban J connectivity index is 2.62. The molecule has 1 rings (SSSR count). The number of aromatic nitrogens is 1.